The van der Waals surface area contributed by atoms with Crippen LogP contribution in [0, 0.1) is 5.92 Å². The molecular weight excluding hydrogens is 388 g/mol. The topological polar surface area (TPSA) is 123 Å². The molecule has 5 rings (SSSR count). The first-order valence-electron chi connectivity index (χ1n) is 10.7. The van der Waals surface area contributed by atoms with Gasteiger partial charge in [0, 0.05) is 24.3 Å². The molecule has 0 spiro atoms. The molecule has 0 bridgehead atoms. The van der Waals surface area contributed by atoms with Crippen molar-refractivity contribution in [2.75, 3.05) is 22.9 Å². The van der Waals surface area contributed by atoms with Crippen molar-refractivity contribution in [3.05, 3.63) is 60.4 Å². The van der Waals surface area contributed by atoms with Gasteiger partial charge >= 0.3 is 11.6 Å². The summed E-state index contributed by atoms with van der Waals surface area (Å²) in [5.74, 6) is 2.11. The molecular formula is C23H28N8+2. The van der Waals surface area contributed by atoms with Gasteiger partial charge in [-0.25, -0.2) is 4.57 Å². The van der Waals surface area contributed by atoms with Crippen LogP contribution in [0.25, 0.3) is 11.2 Å². The van der Waals surface area contributed by atoms with Crippen LogP contribution in [0.15, 0.2) is 54.9 Å². The third-order valence-corrected chi connectivity index (χ3v) is 5.59. The molecule has 1 saturated carbocycles. The van der Waals surface area contributed by atoms with E-state index in [1.165, 1.54) is 18.4 Å². The highest BCUT2D eigenvalue weighted by Gasteiger charge is 2.24. The Kier molecular flexibility index (Phi) is 5.13. The van der Waals surface area contributed by atoms with Crippen molar-refractivity contribution in [1.29, 1.82) is 0 Å². The lowest BCUT2D eigenvalue weighted by Gasteiger charge is -2.08. The average molecular weight is 417 g/mol. The molecule has 2 heterocycles. The number of aryl methyl sites for hydroxylation is 2. The molecule has 0 unspecified atom stereocenters. The van der Waals surface area contributed by atoms with E-state index in [-0.39, 0.29) is 0 Å². The van der Waals surface area contributed by atoms with Crippen molar-refractivity contribution in [3.63, 3.8) is 0 Å². The van der Waals surface area contributed by atoms with Crippen molar-refractivity contribution in [2.24, 2.45) is 5.92 Å². The maximum absolute atomic E-state index is 5.95. The number of hydrogen-bond acceptors (Lipinski definition) is 5. The normalized spacial score (nSPS) is 13.5. The fourth-order valence-electron chi connectivity index (χ4n) is 3.60. The summed E-state index contributed by atoms with van der Waals surface area (Å²) in [5, 5.41) is 6.81. The second-order valence-electron chi connectivity index (χ2n) is 8.20. The molecule has 0 radical (unpaired) electrons. The molecule has 8 heteroatoms. The van der Waals surface area contributed by atoms with Crippen molar-refractivity contribution in [1.82, 2.24) is 15.0 Å². The largest absolute Gasteiger partial charge is 0.399 e. The fourth-order valence-corrected chi connectivity index (χ4v) is 3.60. The first-order valence-corrected chi connectivity index (χ1v) is 10.7. The summed E-state index contributed by atoms with van der Waals surface area (Å²) in [6.07, 6.45) is 5.43. The number of benzene rings is 2. The molecule has 0 aliphatic heterocycles. The van der Waals surface area contributed by atoms with Crippen LogP contribution in [0.4, 0.5) is 28.8 Å². The Bertz CT molecular complexity index is 1190. The maximum Gasteiger partial charge on any atom is 0.309 e. The number of hydrogen-bond donors (Lipinski definition) is 5. The predicted molar refractivity (Wildman–Crippen MR) is 122 cm³/mol. The van der Waals surface area contributed by atoms with E-state index >= 15 is 0 Å². The highest BCUT2D eigenvalue weighted by molar-refractivity contribution is 5.84. The zero-order valence-electron chi connectivity index (χ0n) is 17.4. The second-order valence-corrected chi connectivity index (χ2v) is 8.20. The molecule has 8 N–H and O–H groups in total. The smallest absolute Gasteiger partial charge is 0.309 e. The van der Waals surface area contributed by atoms with E-state index in [0.717, 1.165) is 53.8 Å². The van der Waals surface area contributed by atoms with Crippen LogP contribution in [0.2, 0.25) is 0 Å². The maximum atomic E-state index is 5.95. The van der Waals surface area contributed by atoms with Gasteiger partial charge in [0.2, 0.25) is 5.52 Å². The molecule has 31 heavy (non-hydrogen) atoms. The highest BCUT2D eigenvalue weighted by Crippen LogP contribution is 2.29. The molecule has 158 valence electrons. The van der Waals surface area contributed by atoms with Gasteiger partial charge in [-0.1, -0.05) is 23.2 Å². The van der Waals surface area contributed by atoms with Crippen LogP contribution in [-0.2, 0) is 13.0 Å². The van der Waals surface area contributed by atoms with Crippen molar-refractivity contribution >= 4 is 40.0 Å². The van der Waals surface area contributed by atoms with Gasteiger partial charge in [-0.2, -0.15) is 4.98 Å². The number of nitrogens with zero attached hydrogens (tertiary/aromatic N) is 3. The molecule has 0 saturated heterocycles. The summed E-state index contributed by atoms with van der Waals surface area (Å²) in [4.78, 5) is 12.9. The summed E-state index contributed by atoms with van der Waals surface area (Å²) in [6.45, 7) is 1.72. The highest BCUT2D eigenvalue weighted by atomic mass is 15.2. The third-order valence-electron chi connectivity index (χ3n) is 5.59. The molecule has 0 atom stereocenters. The minimum absolute atomic E-state index is 0.639. The first-order chi connectivity index (χ1) is 15.1. The van der Waals surface area contributed by atoms with E-state index in [9.17, 15) is 0 Å². The SMILES string of the molecule is Nc1cccc(Nc2nc(NCC3CC3)nc3c2[nH]c[n+]3CCc2ccc([NH3+])cc2)c1. The van der Waals surface area contributed by atoms with Crippen molar-refractivity contribution in [2.45, 2.75) is 25.8 Å². The van der Waals surface area contributed by atoms with E-state index in [1.54, 1.807) is 0 Å². The Hall–Kier alpha value is -3.65. The van der Waals surface area contributed by atoms with Gasteiger partial charge in [0.25, 0.3) is 0 Å². The standard InChI is InChI=1S/C23H26N8/c24-17-8-6-15(7-9-17)10-11-31-14-27-20-21(28-19-3-1-2-18(25)12-19)29-23(30-22(20)31)26-13-16-4-5-16/h1-3,6-9,12,14,16H,4-5,10-11,13,24-25H2,(H2,26,28,29,30)/p+2. The first kappa shape index (κ1) is 19.3. The van der Waals surface area contributed by atoms with E-state index in [4.69, 9.17) is 15.7 Å². The number of nitrogens with two attached hydrogens (primary N) is 1. The quantitative estimate of drug-likeness (QED) is 0.223. The van der Waals surface area contributed by atoms with Gasteiger partial charge in [-0.3, -0.25) is 4.98 Å². The van der Waals surface area contributed by atoms with Gasteiger partial charge in [0.05, 0.1) is 6.54 Å². The zero-order valence-corrected chi connectivity index (χ0v) is 17.4. The van der Waals surface area contributed by atoms with Gasteiger partial charge in [-0.05, 0) is 54.7 Å². The monoisotopic (exact) mass is 416 g/mol. The molecule has 0 amide bonds. The minimum Gasteiger partial charge on any atom is -0.399 e. The summed E-state index contributed by atoms with van der Waals surface area (Å²) in [6, 6.07) is 16.0. The van der Waals surface area contributed by atoms with E-state index < -0.39 is 0 Å². The number of anilines is 4. The Morgan fingerprint density at radius 1 is 1.13 bits per heavy atom. The van der Waals surface area contributed by atoms with Crippen LogP contribution in [0.3, 0.4) is 0 Å². The number of quaternary nitrogens is 1. The van der Waals surface area contributed by atoms with Gasteiger partial charge < -0.3 is 22.1 Å². The predicted octanol–water partition coefficient (Wildman–Crippen LogP) is 2.51. The lowest BCUT2D eigenvalue weighted by Crippen LogP contribution is -2.40. The van der Waals surface area contributed by atoms with Gasteiger partial charge in [0.1, 0.15) is 5.69 Å². The van der Waals surface area contributed by atoms with Crippen LogP contribution in [-0.4, -0.2) is 21.5 Å². The Morgan fingerprint density at radius 3 is 2.74 bits per heavy atom. The van der Waals surface area contributed by atoms with Crippen LogP contribution in [0.5, 0.6) is 0 Å². The number of fused-ring (bicyclic) bond motifs is 1. The molecule has 1 fully saturated rings. The summed E-state index contributed by atoms with van der Waals surface area (Å²) >= 11 is 0. The zero-order chi connectivity index (χ0) is 21.2. The summed E-state index contributed by atoms with van der Waals surface area (Å²) in [5.41, 5.74) is 15.5. The van der Waals surface area contributed by atoms with Crippen molar-refractivity contribution in [3.8, 4) is 0 Å². The molecule has 2 aromatic carbocycles. The van der Waals surface area contributed by atoms with Gasteiger partial charge in [0.15, 0.2) is 12.1 Å². The van der Waals surface area contributed by atoms with Crippen molar-refractivity contribution < 1.29 is 10.3 Å². The third kappa shape index (κ3) is 4.59. The Morgan fingerprint density at radius 2 is 1.97 bits per heavy atom. The van der Waals surface area contributed by atoms with E-state index in [1.807, 2.05) is 42.7 Å². The summed E-state index contributed by atoms with van der Waals surface area (Å²) in [7, 11) is 0. The number of rotatable bonds is 8. The molecule has 1 aliphatic carbocycles. The van der Waals surface area contributed by atoms with Crippen LogP contribution in [0.1, 0.15) is 18.4 Å². The van der Waals surface area contributed by atoms with Gasteiger partial charge in [-0.15, -0.1) is 0 Å². The van der Waals surface area contributed by atoms with Crippen LogP contribution >= 0.6 is 0 Å². The Balaban J connectivity index is 1.45. The number of aromatic amines is 1. The van der Waals surface area contributed by atoms with E-state index in [2.05, 4.69) is 38.1 Å². The lowest BCUT2D eigenvalue weighted by molar-refractivity contribution is -0.672. The summed E-state index contributed by atoms with van der Waals surface area (Å²) < 4.78 is 2.14. The number of aromatic nitrogens is 4. The Labute approximate surface area is 180 Å². The molecule has 1 aliphatic rings. The number of H-pyrrole nitrogens is 1. The number of nitrogens with one attached hydrogen (secondary N) is 3. The van der Waals surface area contributed by atoms with Crippen LogP contribution < -0.4 is 26.7 Å². The minimum atomic E-state index is 0.639. The number of imidazole rings is 1. The second kappa shape index (κ2) is 8.23. The molecule has 4 aromatic rings. The average Bonchev–Trinajstić information content (AvgIpc) is 3.51. The molecule has 2 aromatic heterocycles. The fraction of sp³-hybridized carbons (Fsp3) is 0.261. The number of nitrogen functional groups attached to an aromatic ring is 1. The van der Waals surface area contributed by atoms with E-state index in [0.29, 0.717) is 11.6 Å². The molecule has 8 nitrogen and oxygen atoms in total. The lowest BCUT2D eigenvalue weighted by atomic mass is 10.1.